The molecule has 0 fully saturated rings. The van der Waals surface area contributed by atoms with E-state index in [-0.39, 0.29) is 5.97 Å². The van der Waals surface area contributed by atoms with Gasteiger partial charge in [-0.1, -0.05) is 32.0 Å². The van der Waals surface area contributed by atoms with Crippen LogP contribution < -0.4 is 4.74 Å². The fraction of sp³-hybridized carbons (Fsp3) is 0.462. The van der Waals surface area contributed by atoms with Crippen LogP contribution in [0.25, 0.3) is 0 Å². The Morgan fingerprint density at radius 3 is 2.87 bits per heavy atom. The second-order valence-corrected chi connectivity index (χ2v) is 4.54. The van der Waals surface area contributed by atoms with Gasteiger partial charge in [-0.2, -0.15) is 0 Å². The van der Waals surface area contributed by atoms with Crippen LogP contribution in [0.1, 0.15) is 38.2 Å². The molecule has 2 nitrogen and oxygen atoms in total. The van der Waals surface area contributed by atoms with E-state index in [1.165, 1.54) is 5.56 Å². The lowest BCUT2D eigenvalue weighted by Crippen LogP contribution is -2.21. The fourth-order valence-electron chi connectivity index (χ4n) is 2.17. The van der Waals surface area contributed by atoms with Crippen molar-refractivity contribution in [3.8, 4) is 5.75 Å². The van der Waals surface area contributed by atoms with Crippen LogP contribution in [-0.4, -0.2) is 5.97 Å². The molecule has 2 heteroatoms. The van der Waals surface area contributed by atoms with Crippen molar-refractivity contribution in [1.29, 1.82) is 0 Å². The normalized spacial score (nSPS) is 19.9. The number of para-hydroxylation sites is 1. The summed E-state index contributed by atoms with van der Waals surface area (Å²) >= 11 is 0. The minimum atomic E-state index is -0.0978. The van der Waals surface area contributed by atoms with E-state index in [0.717, 1.165) is 12.2 Å². The lowest BCUT2D eigenvalue weighted by molar-refractivity contribution is -0.136. The zero-order valence-electron chi connectivity index (χ0n) is 9.19. The third kappa shape index (κ3) is 2.20. The van der Waals surface area contributed by atoms with E-state index < -0.39 is 0 Å². The summed E-state index contributed by atoms with van der Waals surface area (Å²) in [5.41, 5.74) is 1.19. The highest BCUT2D eigenvalue weighted by molar-refractivity contribution is 5.76. The average Bonchev–Trinajstić information content (AvgIpc) is 2.16. The van der Waals surface area contributed by atoms with Crippen LogP contribution >= 0.6 is 0 Å². The predicted octanol–water partition coefficient (Wildman–Crippen LogP) is 3.13. The Hall–Kier alpha value is -1.31. The van der Waals surface area contributed by atoms with Crippen molar-refractivity contribution in [1.82, 2.24) is 0 Å². The van der Waals surface area contributed by atoms with E-state index in [9.17, 15) is 4.79 Å². The highest BCUT2D eigenvalue weighted by atomic mass is 16.5. The average molecular weight is 204 g/mol. The molecule has 0 aromatic heterocycles. The molecule has 1 heterocycles. The van der Waals surface area contributed by atoms with Gasteiger partial charge in [0.15, 0.2) is 0 Å². The Bertz CT molecular complexity index is 369. The topological polar surface area (TPSA) is 26.3 Å². The van der Waals surface area contributed by atoms with E-state index in [1.807, 2.05) is 18.2 Å². The summed E-state index contributed by atoms with van der Waals surface area (Å²) in [6.07, 6.45) is 1.57. The maximum absolute atomic E-state index is 11.4. The molecule has 0 radical (unpaired) electrons. The largest absolute Gasteiger partial charge is 0.426 e. The summed E-state index contributed by atoms with van der Waals surface area (Å²) in [5, 5.41) is 0. The number of carbonyl (C=O) groups excluding carboxylic acids is 1. The smallest absolute Gasteiger partial charge is 0.311 e. The van der Waals surface area contributed by atoms with Crippen LogP contribution in [0.15, 0.2) is 24.3 Å². The molecule has 0 bridgehead atoms. The number of benzene rings is 1. The van der Waals surface area contributed by atoms with Gasteiger partial charge < -0.3 is 4.74 Å². The number of esters is 1. The van der Waals surface area contributed by atoms with E-state index in [2.05, 4.69) is 19.9 Å². The van der Waals surface area contributed by atoms with Gasteiger partial charge in [0.2, 0.25) is 0 Å². The summed E-state index contributed by atoms with van der Waals surface area (Å²) < 4.78 is 5.20. The molecular formula is C13H16O2. The van der Waals surface area contributed by atoms with Gasteiger partial charge in [-0.05, 0) is 29.9 Å². The molecular weight excluding hydrogens is 188 g/mol. The van der Waals surface area contributed by atoms with Crippen molar-refractivity contribution in [2.24, 2.45) is 5.92 Å². The van der Waals surface area contributed by atoms with Crippen LogP contribution in [0, 0.1) is 5.92 Å². The molecule has 1 aromatic carbocycles. The lowest BCUT2D eigenvalue weighted by atomic mass is 9.86. The van der Waals surface area contributed by atoms with Crippen molar-refractivity contribution in [3.63, 3.8) is 0 Å². The second kappa shape index (κ2) is 4.05. The van der Waals surface area contributed by atoms with Crippen molar-refractivity contribution in [2.75, 3.05) is 0 Å². The number of rotatable bonds is 2. The van der Waals surface area contributed by atoms with Crippen molar-refractivity contribution < 1.29 is 9.53 Å². The monoisotopic (exact) mass is 204 g/mol. The molecule has 0 saturated heterocycles. The third-order valence-electron chi connectivity index (χ3n) is 2.75. The first-order valence-electron chi connectivity index (χ1n) is 5.46. The van der Waals surface area contributed by atoms with Crippen molar-refractivity contribution in [3.05, 3.63) is 29.8 Å². The van der Waals surface area contributed by atoms with Crippen LogP contribution in [-0.2, 0) is 4.79 Å². The zero-order chi connectivity index (χ0) is 10.8. The quantitative estimate of drug-likeness (QED) is 0.546. The molecule has 2 rings (SSSR count). The first-order chi connectivity index (χ1) is 7.16. The van der Waals surface area contributed by atoms with E-state index in [0.29, 0.717) is 18.3 Å². The Morgan fingerprint density at radius 2 is 2.13 bits per heavy atom. The first kappa shape index (κ1) is 10.2. The summed E-state index contributed by atoms with van der Waals surface area (Å²) in [6.45, 7) is 4.37. The van der Waals surface area contributed by atoms with Gasteiger partial charge in [-0.25, -0.2) is 0 Å². The summed E-state index contributed by atoms with van der Waals surface area (Å²) in [5.74, 6) is 1.59. The molecule has 1 aliphatic rings. The number of hydrogen-bond donors (Lipinski definition) is 0. The first-order valence-corrected chi connectivity index (χ1v) is 5.46. The van der Waals surface area contributed by atoms with Gasteiger partial charge in [-0.15, -0.1) is 0 Å². The highest BCUT2D eigenvalue weighted by Gasteiger charge is 2.26. The van der Waals surface area contributed by atoms with Crippen molar-refractivity contribution in [2.45, 2.75) is 32.6 Å². The number of hydrogen-bond acceptors (Lipinski definition) is 2. The molecule has 0 saturated carbocycles. The Morgan fingerprint density at radius 1 is 1.40 bits per heavy atom. The SMILES string of the molecule is CC(C)C[C@H]1CC(=O)Oc2ccccc21. The minimum absolute atomic E-state index is 0.0978. The van der Waals surface area contributed by atoms with Gasteiger partial charge in [0.05, 0.1) is 6.42 Å². The Kier molecular flexibility index (Phi) is 2.76. The van der Waals surface area contributed by atoms with Crippen LogP contribution in [0.2, 0.25) is 0 Å². The van der Waals surface area contributed by atoms with E-state index in [4.69, 9.17) is 4.74 Å². The van der Waals surface area contributed by atoms with Gasteiger partial charge in [0.1, 0.15) is 5.75 Å². The van der Waals surface area contributed by atoms with Gasteiger partial charge in [-0.3, -0.25) is 4.79 Å². The minimum Gasteiger partial charge on any atom is -0.426 e. The van der Waals surface area contributed by atoms with Crippen LogP contribution in [0.4, 0.5) is 0 Å². The highest BCUT2D eigenvalue weighted by Crippen LogP contribution is 2.37. The molecule has 0 aliphatic carbocycles. The number of fused-ring (bicyclic) bond motifs is 1. The molecule has 15 heavy (non-hydrogen) atoms. The fourth-order valence-corrected chi connectivity index (χ4v) is 2.17. The molecule has 0 amide bonds. The molecule has 0 unspecified atom stereocenters. The van der Waals surface area contributed by atoms with Crippen molar-refractivity contribution >= 4 is 5.97 Å². The second-order valence-electron chi connectivity index (χ2n) is 4.54. The molecule has 1 aliphatic heterocycles. The van der Waals surface area contributed by atoms with Gasteiger partial charge in [0, 0.05) is 0 Å². The van der Waals surface area contributed by atoms with E-state index in [1.54, 1.807) is 0 Å². The summed E-state index contributed by atoms with van der Waals surface area (Å²) in [4.78, 5) is 11.4. The van der Waals surface area contributed by atoms with Gasteiger partial charge in [0.25, 0.3) is 0 Å². The lowest BCUT2D eigenvalue weighted by Gasteiger charge is -2.25. The van der Waals surface area contributed by atoms with Gasteiger partial charge >= 0.3 is 5.97 Å². The number of ether oxygens (including phenoxy) is 1. The van der Waals surface area contributed by atoms with Crippen LogP contribution in [0.5, 0.6) is 5.75 Å². The zero-order valence-corrected chi connectivity index (χ0v) is 9.19. The summed E-state index contributed by atoms with van der Waals surface area (Å²) in [7, 11) is 0. The third-order valence-corrected chi connectivity index (χ3v) is 2.75. The predicted molar refractivity (Wildman–Crippen MR) is 58.9 cm³/mol. The Balaban J connectivity index is 2.30. The number of carbonyl (C=O) groups is 1. The molecule has 0 spiro atoms. The van der Waals surface area contributed by atoms with E-state index >= 15 is 0 Å². The maximum atomic E-state index is 11.4. The Labute approximate surface area is 90.3 Å². The molecule has 1 aromatic rings. The maximum Gasteiger partial charge on any atom is 0.311 e. The molecule has 1 atom stereocenters. The summed E-state index contributed by atoms with van der Waals surface area (Å²) in [6, 6.07) is 7.85. The molecule has 80 valence electrons. The standard InChI is InChI=1S/C13H16O2/c1-9(2)7-10-8-13(14)15-12-6-4-3-5-11(10)12/h3-6,9-10H,7-8H2,1-2H3/t10-/m0/s1. The van der Waals surface area contributed by atoms with Crippen LogP contribution in [0.3, 0.4) is 0 Å². The molecule has 0 N–H and O–H groups in total.